The van der Waals surface area contributed by atoms with Gasteiger partial charge in [0, 0.05) is 36.4 Å². The fourth-order valence-electron chi connectivity index (χ4n) is 4.77. The Morgan fingerprint density at radius 2 is 1.89 bits per heavy atom. The van der Waals surface area contributed by atoms with Crippen molar-refractivity contribution in [3.63, 3.8) is 0 Å². The number of ether oxygens (including phenoxy) is 1. The molecule has 0 radical (unpaired) electrons. The zero-order valence-corrected chi connectivity index (χ0v) is 20.1. The summed E-state index contributed by atoms with van der Waals surface area (Å²) in [5.41, 5.74) is 3.02. The SMILES string of the molecule is COC(=O)[C@@H](Cc1c[nH]c2ccccc12)NC(=O)c1ccccc1-n1nc2c([n+]1[O-])CCc1c-2no[n+]1[O-]. The quantitative estimate of drug-likeness (QED) is 0.191. The third kappa shape index (κ3) is 3.72. The summed E-state index contributed by atoms with van der Waals surface area (Å²) in [5.74, 6) is -1.21. The summed E-state index contributed by atoms with van der Waals surface area (Å²) < 4.78 is 9.63. The lowest BCUT2D eigenvalue weighted by Crippen LogP contribution is -2.45. The molecule has 1 aliphatic rings. The maximum Gasteiger partial charge on any atom is 0.328 e. The van der Waals surface area contributed by atoms with E-state index in [9.17, 15) is 20.0 Å². The molecule has 0 spiro atoms. The van der Waals surface area contributed by atoms with Gasteiger partial charge in [0.2, 0.25) is 5.69 Å². The van der Waals surface area contributed by atoms with Crippen molar-refractivity contribution in [2.45, 2.75) is 25.3 Å². The third-order valence-corrected chi connectivity index (χ3v) is 6.65. The largest absolute Gasteiger partial charge is 0.692 e. The first-order valence-electron chi connectivity index (χ1n) is 11.8. The molecule has 192 valence electrons. The van der Waals surface area contributed by atoms with Crippen LogP contribution in [0.5, 0.6) is 0 Å². The van der Waals surface area contributed by atoms with Crippen molar-refractivity contribution in [2.24, 2.45) is 0 Å². The summed E-state index contributed by atoms with van der Waals surface area (Å²) in [4.78, 5) is 31.2. The molecule has 0 unspecified atom stereocenters. The van der Waals surface area contributed by atoms with Crippen LogP contribution in [-0.2, 0) is 28.8 Å². The molecule has 3 heterocycles. The molecule has 38 heavy (non-hydrogen) atoms. The highest BCUT2D eigenvalue weighted by atomic mass is 16.8. The Kier molecular flexibility index (Phi) is 5.52. The lowest BCUT2D eigenvalue weighted by molar-refractivity contribution is -0.808. The van der Waals surface area contributed by atoms with Gasteiger partial charge in [0.25, 0.3) is 5.91 Å². The predicted octanol–water partition coefficient (Wildman–Crippen LogP) is 0.888. The number of amides is 1. The van der Waals surface area contributed by atoms with E-state index in [0.717, 1.165) is 21.3 Å². The molecule has 0 saturated carbocycles. The lowest BCUT2D eigenvalue weighted by atomic mass is 10.0. The monoisotopic (exact) mass is 515 g/mol. The summed E-state index contributed by atoms with van der Waals surface area (Å²) in [6.07, 6.45) is 2.49. The van der Waals surface area contributed by atoms with Crippen LogP contribution >= 0.6 is 0 Å². The number of nitrogens with zero attached hydrogens (tertiary/aromatic N) is 5. The lowest BCUT2D eigenvalue weighted by Gasteiger charge is -2.17. The number of para-hydroxylation sites is 2. The molecule has 13 nitrogen and oxygen atoms in total. The Morgan fingerprint density at radius 1 is 1.13 bits per heavy atom. The van der Waals surface area contributed by atoms with Crippen LogP contribution in [0, 0.1) is 10.4 Å². The highest BCUT2D eigenvalue weighted by Gasteiger charge is 2.39. The number of carbonyl (C=O) groups is 2. The Labute approximate surface area is 214 Å². The molecule has 5 aromatic rings. The molecule has 0 bridgehead atoms. The minimum Gasteiger partial charge on any atom is -0.692 e. The number of rotatable bonds is 6. The van der Waals surface area contributed by atoms with Crippen molar-refractivity contribution >= 4 is 22.8 Å². The van der Waals surface area contributed by atoms with Gasteiger partial charge in [-0.05, 0) is 33.5 Å². The number of carbonyl (C=O) groups excluding carboxylic acids is 2. The first-order valence-corrected chi connectivity index (χ1v) is 11.8. The number of hydrogen-bond acceptors (Lipinski definition) is 8. The van der Waals surface area contributed by atoms with Crippen molar-refractivity contribution in [3.8, 4) is 17.1 Å². The van der Waals surface area contributed by atoms with Gasteiger partial charge in [0.15, 0.2) is 5.69 Å². The van der Waals surface area contributed by atoms with Gasteiger partial charge in [-0.3, -0.25) is 9.42 Å². The number of esters is 1. The standard InChI is InChI=1S/C25H21N7O6/c1-37-25(34)18(12-14-13-26-17-8-4-2-6-15(14)17)27-24(33)16-7-3-5-9-19(16)30-28-22-20(31(30)35)10-11-21-23(22)29-38-32(21)36/h2-9,13,18,26H,10-12H2,1H3,(H,27,33)/t18-/m1/s1. The summed E-state index contributed by atoms with van der Waals surface area (Å²) >= 11 is 0. The van der Waals surface area contributed by atoms with E-state index in [1.54, 1.807) is 24.4 Å². The first-order chi connectivity index (χ1) is 18.5. The Hall–Kier alpha value is -5.20. The summed E-state index contributed by atoms with van der Waals surface area (Å²) in [5, 5.41) is 36.8. The van der Waals surface area contributed by atoms with E-state index < -0.39 is 17.9 Å². The van der Waals surface area contributed by atoms with Gasteiger partial charge < -0.3 is 25.5 Å². The Bertz CT molecular complexity index is 1700. The van der Waals surface area contributed by atoms with Crippen LogP contribution < -0.4 is 15.1 Å². The summed E-state index contributed by atoms with van der Waals surface area (Å²) in [7, 11) is 1.25. The van der Waals surface area contributed by atoms with Crippen LogP contribution in [0.4, 0.5) is 0 Å². The molecular formula is C25H21N7O6. The second-order valence-electron chi connectivity index (χ2n) is 8.81. The zero-order valence-electron chi connectivity index (χ0n) is 20.1. The first kappa shape index (κ1) is 23.2. The molecule has 0 aliphatic heterocycles. The van der Waals surface area contributed by atoms with Gasteiger partial charge in [0.05, 0.1) is 22.9 Å². The molecule has 1 aliphatic carbocycles. The van der Waals surface area contributed by atoms with E-state index in [1.807, 2.05) is 24.3 Å². The van der Waals surface area contributed by atoms with Gasteiger partial charge in [-0.1, -0.05) is 30.3 Å². The number of fused-ring (bicyclic) bond motifs is 4. The van der Waals surface area contributed by atoms with Gasteiger partial charge >= 0.3 is 17.4 Å². The highest BCUT2D eigenvalue weighted by Crippen LogP contribution is 2.28. The molecule has 0 saturated heterocycles. The molecule has 3 aromatic heterocycles. The van der Waals surface area contributed by atoms with E-state index >= 15 is 0 Å². The van der Waals surface area contributed by atoms with E-state index in [4.69, 9.17) is 4.74 Å². The Balaban J connectivity index is 1.33. The van der Waals surface area contributed by atoms with Gasteiger partial charge in [-0.2, -0.15) is 0 Å². The van der Waals surface area contributed by atoms with Crippen LogP contribution in [-0.4, -0.2) is 45.1 Å². The number of aromatic nitrogens is 6. The summed E-state index contributed by atoms with van der Waals surface area (Å²) in [6.45, 7) is 0. The number of nitrogens with one attached hydrogen (secondary N) is 2. The van der Waals surface area contributed by atoms with Crippen molar-refractivity contribution in [1.29, 1.82) is 0 Å². The Morgan fingerprint density at radius 3 is 2.74 bits per heavy atom. The molecule has 13 heteroatoms. The number of benzene rings is 2. The number of H-pyrrole nitrogens is 1. The molecule has 1 atom stereocenters. The molecule has 6 rings (SSSR count). The molecule has 1 amide bonds. The topological polar surface area (TPSA) is 169 Å². The zero-order chi connectivity index (χ0) is 26.4. The minimum absolute atomic E-state index is 0.115. The summed E-state index contributed by atoms with van der Waals surface area (Å²) in [6, 6.07) is 13.0. The maximum atomic E-state index is 13.5. The van der Waals surface area contributed by atoms with E-state index in [0.29, 0.717) is 15.4 Å². The minimum atomic E-state index is -0.991. The van der Waals surface area contributed by atoms with Gasteiger partial charge in [-0.25, -0.2) is 4.79 Å². The molecule has 2 N–H and O–H groups in total. The van der Waals surface area contributed by atoms with Crippen LogP contribution in [0.1, 0.15) is 27.3 Å². The van der Waals surface area contributed by atoms with Crippen LogP contribution in [0.2, 0.25) is 0 Å². The van der Waals surface area contributed by atoms with Crippen LogP contribution in [0.3, 0.4) is 0 Å². The second-order valence-corrected chi connectivity index (χ2v) is 8.81. The normalized spacial score (nSPS) is 13.1. The number of aromatic amines is 1. The average molecular weight is 515 g/mol. The number of hydrogen-bond donors (Lipinski definition) is 2. The third-order valence-electron chi connectivity index (χ3n) is 6.65. The van der Waals surface area contributed by atoms with E-state index in [2.05, 4.69) is 25.2 Å². The van der Waals surface area contributed by atoms with E-state index in [1.165, 1.54) is 13.2 Å². The number of methoxy groups -OCH3 is 1. The van der Waals surface area contributed by atoms with Crippen molar-refractivity contribution in [3.05, 3.63) is 87.7 Å². The highest BCUT2D eigenvalue weighted by molar-refractivity contribution is 6.00. The second kappa shape index (κ2) is 9.03. The maximum absolute atomic E-state index is 13.5. The molecular weight excluding hydrogens is 494 g/mol. The molecule has 0 fully saturated rings. The van der Waals surface area contributed by atoms with Crippen molar-refractivity contribution in [1.82, 2.24) is 25.4 Å². The van der Waals surface area contributed by atoms with Crippen molar-refractivity contribution < 1.29 is 28.7 Å². The average Bonchev–Trinajstić information content (AvgIpc) is 3.63. The fraction of sp³-hybridized carbons (Fsp3) is 0.200. The predicted molar refractivity (Wildman–Crippen MR) is 130 cm³/mol. The van der Waals surface area contributed by atoms with Gasteiger partial charge in [0.1, 0.15) is 11.7 Å². The molecule has 2 aromatic carbocycles. The van der Waals surface area contributed by atoms with Crippen LogP contribution in [0.25, 0.3) is 28.0 Å². The van der Waals surface area contributed by atoms with Crippen LogP contribution in [0.15, 0.2) is 59.4 Å². The van der Waals surface area contributed by atoms with Gasteiger partial charge in [-0.15, -0.1) is 4.85 Å². The van der Waals surface area contributed by atoms with Crippen molar-refractivity contribution in [2.75, 3.05) is 7.11 Å². The van der Waals surface area contributed by atoms with E-state index in [-0.39, 0.29) is 47.6 Å². The smallest absolute Gasteiger partial charge is 0.328 e. The fourth-order valence-corrected chi connectivity index (χ4v) is 4.77.